The number of hydrogen-bond acceptors (Lipinski definition) is 5. The number of urea groups is 1. The molecule has 1 N–H and O–H groups in total. The summed E-state index contributed by atoms with van der Waals surface area (Å²) in [6.45, 7) is 4.80. The summed E-state index contributed by atoms with van der Waals surface area (Å²) in [6, 6.07) is 7.93. The standard InChI is InChI=1S/C17H22N4O2S/c1-23-16-5-4-14(11-18-16)12-19-17(22)21-8-6-20(7-9-21)13-15-3-2-10-24-15/h2-5,10-11H,6-9,12-13H2,1H3,(H,19,22). The van der Waals surface area contributed by atoms with Crippen molar-refractivity contribution in [2.75, 3.05) is 33.3 Å². The van der Waals surface area contributed by atoms with Crippen LogP contribution in [0, 0.1) is 0 Å². The molecule has 128 valence electrons. The molecule has 0 atom stereocenters. The Hall–Kier alpha value is -2.12. The molecule has 2 aromatic rings. The summed E-state index contributed by atoms with van der Waals surface area (Å²) in [7, 11) is 1.59. The van der Waals surface area contributed by atoms with E-state index >= 15 is 0 Å². The van der Waals surface area contributed by atoms with Gasteiger partial charge < -0.3 is 15.0 Å². The van der Waals surface area contributed by atoms with Gasteiger partial charge in [-0.25, -0.2) is 9.78 Å². The average Bonchev–Trinajstić information content (AvgIpc) is 3.14. The molecule has 7 heteroatoms. The van der Waals surface area contributed by atoms with E-state index in [1.165, 1.54) is 4.88 Å². The minimum absolute atomic E-state index is 0.0124. The van der Waals surface area contributed by atoms with Crippen LogP contribution in [0.1, 0.15) is 10.4 Å². The Morgan fingerprint density at radius 1 is 1.29 bits per heavy atom. The van der Waals surface area contributed by atoms with Crippen LogP contribution in [-0.4, -0.2) is 54.1 Å². The van der Waals surface area contributed by atoms with Crippen LogP contribution >= 0.6 is 11.3 Å². The molecule has 0 bridgehead atoms. The van der Waals surface area contributed by atoms with Crippen LogP contribution < -0.4 is 10.1 Å². The first-order valence-corrected chi connectivity index (χ1v) is 8.89. The predicted octanol–water partition coefficient (Wildman–Crippen LogP) is 2.18. The van der Waals surface area contributed by atoms with Gasteiger partial charge in [0.2, 0.25) is 5.88 Å². The van der Waals surface area contributed by atoms with Gasteiger partial charge in [-0.3, -0.25) is 4.90 Å². The number of methoxy groups -OCH3 is 1. The third kappa shape index (κ3) is 4.46. The van der Waals surface area contributed by atoms with E-state index in [-0.39, 0.29) is 6.03 Å². The zero-order valence-corrected chi connectivity index (χ0v) is 14.6. The molecule has 3 rings (SSSR count). The highest BCUT2D eigenvalue weighted by Crippen LogP contribution is 2.13. The van der Waals surface area contributed by atoms with E-state index in [0.717, 1.165) is 38.3 Å². The van der Waals surface area contributed by atoms with Gasteiger partial charge in [0.05, 0.1) is 7.11 Å². The molecule has 1 fully saturated rings. The topological polar surface area (TPSA) is 57.7 Å². The van der Waals surface area contributed by atoms with E-state index in [0.29, 0.717) is 12.4 Å². The Balaban J connectivity index is 1.41. The molecule has 0 radical (unpaired) electrons. The van der Waals surface area contributed by atoms with Gasteiger partial charge in [0.15, 0.2) is 0 Å². The molecule has 2 amide bonds. The third-order valence-corrected chi connectivity index (χ3v) is 4.93. The lowest BCUT2D eigenvalue weighted by Crippen LogP contribution is -2.51. The quantitative estimate of drug-likeness (QED) is 0.902. The minimum Gasteiger partial charge on any atom is -0.481 e. The lowest BCUT2D eigenvalue weighted by atomic mass is 10.3. The van der Waals surface area contributed by atoms with E-state index in [2.05, 4.69) is 32.7 Å². The van der Waals surface area contributed by atoms with Gasteiger partial charge in [-0.1, -0.05) is 12.1 Å². The first kappa shape index (κ1) is 16.7. The second kappa shape index (κ2) is 8.12. The fourth-order valence-corrected chi connectivity index (χ4v) is 3.40. The van der Waals surface area contributed by atoms with Crippen LogP contribution in [-0.2, 0) is 13.1 Å². The number of nitrogens with zero attached hydrogens (tertiary/aromatic N) is 3. The number of carbonyl (C=O) groups excluding carboxylic acids is 1. The molecule has 3 heterocycles. The first-order valence-electron chi connectivity index (χ1n) is 8.01. The Morgan fingerprint density at radius 3 is 2.75 bits per heavy atom. The monoisotopic (exact) mass is 346 g/mol. The number of carbonyl (C=O) groups is 1. The average molecular weight is 346 g/mol. The van der Waals surface area contributed by atoms with Crippen LogP contribution in [0.5, 0.6) is 5.88 Å². The van der Waals surface area contributed by atoms with Crippen LogP contribution in [0.25, 0.3) is 0 Å². The second-order valence-corrected chi connectivity index (χ2v) is 6.74. The van der Waals surface area contributed by atoms with Crippen molar-refractivity contribution in [3.05, 3.63) is 46.3 Å². The molecule has 6 nitrogen and oxygen atoms in total. The summed E-state index contributed by atoms with van der Waals surface area (Å²) in [4.78, 5) is 22.1. The van der Waals surface area contributed by atoms with Crippen molar-refractivity contribution in [3.8, 4) is 5.88 Å². The molecule has 2 aromatic heterocycles. The lowest BCUT2D eigenvalue weighted by Gasteiger charge is -2.34. The normalized spacial score (nSPS) is 15.3. The summed E-state index contributed by atoms with van der Waals surface area (Å²) in [5.74, 6) is 0.576. The molecule has 0 saturated carbocycles. The highest BCUT2D eigenvalue weighted by atomic mass is 32.1. The third-order valence-electron chi connectivity index (χ3n) is 4.07. The molecule has 1 aliphatic heterocycles. The molecular formula is C17H22N4O2S. The van der Waals surface area contributed by atoms with Crippen LogP contribution in [0.2, 0.25) is 0 Å². The largest absolute Gasteiger partial charge is 0.481 e. The zero-order valence-electron chi connectivity index (χ0n) is 13.8. The summed E-state index contributed by atoms with van der Waals surface area (Å²) in [5.41, 5.74) is 0.959. The molecule has 1 aliphatic rings. The molecule has 0 spiro atoms. The number of piperazine rings is 1. The van der Waals surface area contributed by atoms with Crippen molar-refractivity contribution >= 4 is 17.4 Å². The molecule has 0 unspecified atom stereocenters. The second-order valence-electron chi connectivity index (χ2n) is 5.71. The zero-order chi connectivity index (χ0) is 16.8. The first-order chi connectivity index (χ1) is 11.7. The van der Waals surface area contributed by atoms with Gasteiger partial charge in [-0.2, -0.15) is 0 Å². The molecule has 24 heavy (non-hydrogen) atoms. The maximum absolute atomic E-state index is 12.3. The smallest absolute Gasteiger partial charge is 0.317 e. The van der Waals surface area contributed by atoms with E-state index in [9.17, 15) is 4.79 Å². The van der Waals surface area contributed by atoms with Gasteiger partial charge in [-0.05, 0) is 17.0 Å². The maximum atomic E-state index is 12.3. The van der Waals surface area contributed by atoms with Crippen molar-refractivity contribution in [2.24, 2.45) is 0 Å². The van der Waals surface area contributed by atoms with Gasteiger partial charge >= 0.3 is 6.03 Å². The van der Waals surface area contributed by atoms with E-state index in [1.807, 2.05) is 11.0 Å². The van der Waals surface area contributed by atoms with Crippen LogP contribution in [0.4, 0.5) is 4.79 Å². The van der Waals surface area contributed by atoms with Crippen molar-refractivity contribution in [2.45, 2.75) is 13.1 Å². The summed E-state index contributed by atoms with van der Waals surface area (Å²) in [6.07, 6.45) is 1.72. The van der Waals surface area contributed by atoms with E-state index in [1.54, 1.807) is 30.7 Å². The van der Waals surface area contributed by atoms with Crippen molar-refractivity contribution in [1.29, 1.82) is 0 Å². The fourth-order valence-electron chi connectivity index (χ4n) is 2.66. The Kier molecular flexibility index (Phi) is 5.66. The Bertz CT molecular complexity index is 637. The molecular weight excluding hydrogens is 324 g/mol. The van der Waals surface area contributed by atoms with E-state index < -0.39 is 0 Å². The Labute approximate surface area is 146 Å². The van der Waals surface area contributed by atoms with Crippen LogP contribution in [0.15, 0.2) is 35.8 Å². The maximum Gasteiger partial charge on any atom is 0.317 e. The predicted molar refractivity (Wildman–Crippen MR) is 94.2 cm³/mol. The van der Waals surface area contributed by atoms with Crippen molar-refractivity contribution < 1.29 is 9.53 Å². The van der Waals surface area contributed by atoms with Gasteiger partial charge in [-0.15, -0.1) is 11.3 Å². The number of thiophene rings is 1. The highest BCUT2D eigenvalue weighted by molar-refractivity contribution is 7.09. The number of pyridine rings is 1. The van der Waals surface area contributed by atoms with Gasteiger partial charge in [0.25, 0.3) is 0 Å². The van der Waals surface area contributed by atoms with Gasteiger partial charge in [0.1, 0.15) is 0 Å². The number of hydrogen-bond donors (Lipinski definition) is 1. The highest BCUT2D eigenvalue weighted by Gasteiger charge is 2.21. The molecule has 0 aliphatic carbocycles. The summed E-state index contributed by atoms with van der Waals surface area (Å²) in [5, 5.41) is 5.06. The van der Waals surface area contributed by atoms with Gasteiger partial charge in [0, 0.05) is 56.4 Å². The Morgan fingerprint density at radius 2 is 2.12 bits per heavy atom. The number of amides is 2. The fraction of sp³-hybridized carbons (Fsp3) is 0.412. The number of ether oxygens (including phenoxy) is 1. The number of nitrogens with one attached hydrogen (secondary N) is 1. The summed E-state index contributed by atoms with van der Waals surface area (Å²) >= 11 is 1.78. The molecule has 1 saturated heterocycles. The summed E-state index contributed by atoms with van der Waals surface area (Å²) < 4.78 is 5.03. The lowest BCUT2D eigenvalue weighted by molar-refractivity contribution is 0.135. The van der Waals surface area contributed by atoms with Crippen molar-refractivity contribution in [3.63, 3.8) is 0 Å². The number of aromatic nitrogens is 1. The van der Waals surface area contributed by atoms with Crippen LogP contribution in [0.3, 0.4) is 0 Å². The SMILES string of the molecule is COc1ccc(CNC(=O)N2CCN(Cc3cccs3)CC2)cn1. The van der Waals surface area contributed by atoms with E-state index in [4.69, 9.17) is 4.74 Å². The minimum atomic E-state index is -0.0124. The number of rotatable bonds is 5. The molecule has 0 aromatic carbocycles. The van der Waals surface area contributed by atoms with Crippen molar-refractivity contribution in [1.82, 2.24) is 20.1 Å².